The van der Waals surface area contributed by atoms with Crippen molar-refractivity contribution in [3.05, 3.63) is 100 Å². The standard InChI is InChI=1S/C24H22ClN/c25-19-15-22-20(17-7-3-1-4-8-17)11-13-26-14-12-21(23(16-19)24(22)26)18-9-5-2-6-10-18/h1-10,15-16,20-21H,11-14H2. The van der Waals surface area contributed by atoms with Crippen molar-refractivity contribution >= 4 is 17.3 Å². The van der Waals surface area contributed by atoms with E-state index < -0.39 is 0 Å². The van der Waals surface area contributed by atoms with Gasteiger partial charge < -0.3 is 4.90 Å². The van der Waals surface area contributed by atoms with E-state index in [0.29, 0.717) is 11.8 Å². The first-order chi connectivity index (χ1) is 12.8. The van der Waals surface area contributed by atoms with Crippen molar-refractivity contribution in [1.82, 2.24) is 0 Å². The summed E-state index contributed by atoms with van der Waals surface area (Å²) in [6, 6.07) is 26.2. The number of halogens is 1. The molecule has 1 nitrogen and oxygen atoms in total. The van der Waals surface area contributed by atoms with Gasteiger partial charge in [-0.25, -0.2) is 0 Å². The summed E-state index contributed by atoms with van der Waals surface area (Å²) in [5.74, 6) is 0.879. The van der Waals surface area contributed by atoms with Crippen molar-refractivity contribution in [3.8, 4) is 0 Å². The second-order valence-electron chi connectivity index (χ2n) is 7.42. The smallest absolute Gasteiger partial charge is 0.0444 e. The Hall–Kier alpha value is -2.25. The molecular formula is C24H22ClN. The molecule has 0 fully saturated rings. The molecule has 3 aromatic rings. The Labute approximate surface area is 160 Å². The molecule has 2 atom stereocenters. The van der Waals surface area contributed by atoms with Gasteiger partial charge in [0.2, 0.25) is 0 Å². The fourth-order valence-corrected chi connectivity index (χ4v) is 5.05. The van der Waals surface area contributed by atoms with Crippen LogP contribution >= 0.6 is 11.6 Å². The Morgan fingerprint density at radius 3 is 1.62 bits per heavy atom. The molecular weight excluding hydrogens is 338 g/mol. The van der Waals surface area contributed by atoms with Crippen LogP contribution in [-0.4, -0.2) is 13.1 Å². The van der Waals surface area contributed by atoms with Gasteiger partial charge in [-0.3, -0.25) is 0 Å². The van der Waals surface area contributed by atoms with Gasteiger partial charge in [0.1, 0.15) is 0 Å². The van der Waals surface area contributed by atoms with Gasteiger partial charge >= 0.3 is 0 Å². The van der Waals surface area contributed by atoms with Crippen molar-refractivity contribution < 1.29 is 0 Å². The summed E-state index contributed by atoms with van der Waals surface area (Å²) in [6.07, 6.45) is 2.32. The van der Waals surface area contributed by atoms with Gasteiger partial charge in [0.15, 0.2) is 0 Å². The van der Waals surface area contributed by atoms with Gasteiger partial charge in [-0.15, -0.1) is 0 Å². The van der Waals surface area contributed by atoms with E-state index in [1.165, 1.54) is 27.9 Å². The van der Waals surface area contributed by atoms with Gasteiger partial charge in [-0.1, -0.05) is 72.3 Å². The maximum atomic E-state index is 6.62. The summed E-state index contributed by atoms with van der Waals surface area (Å²) < 4.78 is 0. The summed E-state index contributed by atoms with van der Waals surface area (Å²) >= 11 is 6.62. The summed E-state index contributed by atoms with van der Waals surface area (Å²) in [5.41, 5.74) is 7.06. The molecule has 130 valence electrons. The largest absolute Gasteiger partial charge is 0.371 e. The molecule has 0 radical (unpaired) electrons. The molecule has 0 aliphatic carbocycles. The fourth-order valence-electron chi connectivity index (χ4n) is 4.82. The van der Waals surface area contributed by atoms with Gasteiger partial charge in [-0.05, 0) is 47.2 Å². The number of benzene rings is 3. The minimum absolute atomic E-state index is 0.439. The van der Waals surface area contributed by atoms with Crippen molar-refractivity contribution in [1.29, 1.82) is 0 Å². The number of hydrogen-bond acceptors (Lipinski definition) is 1. The molecule has 0 aromatic heterocycles. The first kappa shape index (κ1) is 16.0. The summed E-state index contributed by atoms with van der Waals surface area (Å²) in [6.45, 7) is 2.26. The minimum Gasteiger partial charge on any atom is -0.371 e. The second-order valence-corrected chi connectivity index (χ2v) is 7.86. The number of nitrogens with zero attached hydrogens (tertiary/aromatic N) is 1. The first-order valence-electron chi connectivity index (χ1n) is 9.49. The van der Waals surface area contributed by atoms with Crippen LogP contribution in [-0.2, 0) is 0 Å². The second kappa shape index (κ2) is 6.48. The normalized spacial score (nSPS) is 21.3. The lowest BCUT2D eigenvalue weighted by atomic mass is 9.77. The van der Waals surface area contributed by atoms with Crippen LogP contribution in [0.2, 0.25) is 5.02 Å². The Balaban J connectivity index is 1.68. The molecule has 0 saturated heterocycles. The lowest BCUT2D eigenvalue weighted by molar-refractivity contribution is 0.571. The molecule has 2 heteroatoms. The fraction of sp³-hybridized carbons (Fsp3) is 0.250. The van der Waals surface area contributed by atoms with Crippen molar-refractivity contribution in [3.63, 3.8) is 0 Å². The molecule has 0 bridgehead atoms. The number of anilines is 1. The predicted molar refractivity (Wildman–Crippen MR) is 109 cm³/mol. The third kappa shape index (κ3) is 2.62. The van der Waals surface area contributed by atoms with Crippen LogP contribution < -0.4 is 4.90 Å². The van der Waals surface area contributed by atoms with Crippen molar-refractivity contribution in [2.45, 2.75) is 24.7 Å². The molecule has 0 amide bonds. The first-order valence-corrected chi connectivity index (χ1v) is 9.87. The topological polar surface area (TPSA) is 3.24 Å². The van der Waals surface area contributed by atoms with Crippen molar-refractivity contribution in [2.75, 3.05) is 18.0 Å². The van der Waals surface area contributed by atoms with Crippen LogP contribution in [0.5, 0.6) is 0 Å². The van der Waals surface area contributed by atoms with E-state index in [9.17, 15) is 0 Å². The van der Waals surface area contributed by atoms with Crippen LogP contribution in [0.3, 0.4) is 0 Å². The highest BCUT2D eigenvalue weighted by Crippen LogP contribution is 2.49. The van der Waals surface area contributed by atoms with Crippen LogP contribution in [0, 0.1) is 0 Å². The van der Waals surface area contributed by atoms with E-state index in [0.717, 1.165) is 31.0 Å². The minimum atomic E-state index is 0.439. The lowest BCUT2D eigenvalue weighted by Crippen LogP contribution is -2.37. The van der Waals surface area contributed by atoms with Crippen LogP contribution in [0.4, 0.5) is 5.69 Å². The molecule has 26 heavy (non-hydrogen) atoms. The van der Waals surface area contributed by atoms with E-state index >= 15 is 0 Å². The van der Waals surface area contributed by atoms with Crippen LogP contribution in [0.1, 0.15) is 46.9 Å². The molecule has 2 heterocycles. The zero-order chi connectivity index (χ0) is 17.5. The summed E-state index contributed by atoms with van der Waals surface area (Å²) in [5, 5.41) is 0.865. The van der Waals surface area contributed by atoms with Gasteiger partial charge in [0.05, 0.1) is 0 Å². The monoisotopic (exact) mass is 359 g/mol. The SMILES string of the molecule is Clc1cc2c3c(c1)C(c1ccccc1)CCN3CCC2c1ccccc1. The maximum Gasteiger partial charge on any atom is 0.0444 e. The van der Waals surface area contributed by atoms with E-state index in [2.05, 4.69) is 77.7 Å². The molecule has 2 unspecified atom stereocenters. The molecule has 2 aliphatic heterocycles. The molecule has 2 aliphatic rings. The lowest BCUT2D eigenvalue weighted by Gasteiger charge is -2.43. The van der Waals surface area contributed by atoms with Crippen LogP contribution in [0.15, 0.2) is 72.8 Å². The molecule has 0 spiro atoms. The average Bonchev–Trinajstić information content (AvgIpc) is 2.69. The Bertz CT molecular complexity index is 847. The highest BCUT2D eigenvalue weighted by molar-refractivity contribution is 6.30. The Kier molecular flexibility index (Phi) is 3.98. The van der Waals surface area contributed by atoms with Gasteiger partial charge in [0.25, 0.3) is 0 Å². The van der Waals surface area contributed by atoms with E-state index in [-0.39, 0.29) is 0 Å². The van der Waals surface area contributed by atoms with Gasteiger partial charge in [0, 0.05) is 35.6 Å². The van der Waals surface area contributed by atoms with E-state index in [1.54, 1.807) is 0 Å². The summed E-state index contributed by atoms with van der Waals surface area (Å²) in [4.78, 5) is 2.58. The number of hydrogen-bond donors (Lipinski definition) is 0. The number of rotatable bonds is 2. The Morgan fingerprint density at radius 1 is 0.692 bits per heavy atom. The highest BCUT2D eigenvalue weighted by Gasteiger charge is 2.34. The quantitative estimate of drug-likeness (QED) is 0.525. The van der Waals surface area contributed by atoms with E-state index in [1.807, 2.05) is 0 Å². The third-order valence-electron chi connectivity index (χ3n) is 5.98. The Morgan fingerprint density at radius 2 is 1.15 bits per heavy atom. The predicted octanol–water partition coefficient (Wildman–Crippen LogP) is 6.22. The average molecular weight is 360 g/mol. The molecule has 3 aromatic carbocycles. The zero-order valence-electron chi connectivity index (χ0n) is 14.7. The third-order valence-corrected chi connectivity index (χ3v) is 6.20. The highest BCUT2D eigenvalue weighted by atomic mass is 35.5. The van der Waals surface area contributed by atoms with E-state index in [4.69, 9.17) is 11.6 Å². The van der Waals surface area contributed by atoms with Gasteiger partial charge in [-0.2, -0.15) is 0 Å². The summed E-state index contributed by atoms with van der Waals surface area (Å²) in [7, 11) is 0. The molecule has 5 rings (SSSR count). The molecule has 0 N–H and O–H groups in total. The van der Waals surface area contributed by atoms with Crippen molar-refractivity contribution in [2.24, 2.45) is 0 Å². The zero-order valence-corrected chi connectivity index (χ0v) is 15.5. The maximum absolute atomic E-state index is 6.62. The van der Waals surface area contributed by atoms with Crippen LogP contribution in [0.25, 0.3) is 0 Å². The molecule has 0 saturated carbocycles.